The Kier molecular flexibility index (Phi) is 9.13. The van der Waals surface area contributed by atoms with Crippen molar-refractivity contribution in [3.05, 3.63) is 23.3 Å². The van der Waals surface area contributed by atoms with Crippen molar-refractivity contribution >= 4 is 0 Å². The first-order chi connectivity index (χ1) is 10.7. The molecular weight excluding hydrogens is 280 g/mol. The third kappa shape index (κ3) is 6.38. The second kappa shape index (κ2) is 10.9. The van der Waals surface area contributed by atoms with Crippen LogP contribution in [-0.4, -0.2) is 18.3 Å². The van der Waals surface area contributed by atoms with E-state index in [2.05, 4.69) is 20.0 Å². The van der Waals surface area contributed by atoms with Crippen molar-refractivity contribution < 1.29 is 19.3 Å². The molecule has 1 aromatic rings. The number of terminal acetylenes is 1. The molecule has 1 N–H and O–H groups in total. The summed E-state index contributed by atoms with van der Waals surface area (Å²) in [6.07, 6.45) is 11.5. The fraction of sp³-hybridized carbons (Fsp3) is 0.556. The number of benzene rings is 1. The maximum absolute atomic E-state index is 10.3. The Morgan fingerprint density at radius 1 is 1.00 bits per heavy atom. The third-order valence-corrected chi connectivity index (χ3v) is 3.22. The number of hydrogen-bond donors (Lipinski definition) is 1. The van der Waals surface area contributed by atoms with Crippen LogP contribution in [0.25, 0.3) is 0 Å². The summed E-state index contributed by atoms with van der Waals surface area (Å²) in [6, 6.07) is 3.41. The molecule has 4 heteroatoms. The Morgan fingerprint density at radius 3 is 1.91 bits per heavy atom. The van der Waals surface area contributed by atoms with Crippen LogP contribution in [0.3, 0.4) is 0 Å². The summed E-state index contributed by atoms with van der Waals surface area (Å²) in [5.41, 5.74) is 1.33. The lowest BCUT2D eigenvalue weighted by Crippen LogP contribution is -2.01. The monoisotopic (exact) mass is 306 g/mol. The number of hydrogen-bond acceptors (Lipinski definition) is 4. The van der Waals surface area contributed by atoms with Crippen LogP contribution in [0.1, 0.15) is 50.7 Å². The van der Waals surface area contributed by atoms with E-state index < -0.39 is 0 Å². The van der Waals surface area contributed by atoms with Crippen LogP contribution in [0, 0.1) is 12.5 Å². The second-order valence-electron chi connectivity index (χ2n) is 5.12. The molecule has 0 aliphatic rings. The van der Waals surface area contributed by atoms with Gasteiger partial charge in [-0.2, -0.15) is 0 Å². The molecule has 0 unspecified atom stereocenters. The Hall–Kier alpha value is -1.70. The average molecular weight is 306 g/mol. The molecule has 0 aliphatic carbocycles. The lowest BCUT2D eigenvalue weighted by molar-refractivity contribution is 0.110. The normalized spacial score (nSPS) is 10.4. The molecule has 0 aliphatic heterocycles. The zero-order chi connectivity index (χ0) is 16.2. The summed E-state index contributed by atoms with van der Waals surface area (Å²) in [5.74, 6) is 0.709. The van der Waals surface area contributed by atoms with Gasteiger partial charge in [0.1, 0.15) is 17.6 Å². The summed E-state index contributed by atoms with van der Waals surface area (Å²) in [4.78, 5) is 0. The summed E-state index contributed by atoms with van der Waals surface area (Å²) in [5, 5.41) is 10.3. The van der Waals surface area contributed by atoms with E-state index in [1.807, 2.05) is 0 Å². The first kappa shape index (κ1) is 18.3. The minimum atomic E-state index is 0.192. The van der Waals surface area contributed by atoms with E-state index in [4.69, 9.17) is 20.6 Å². The molecule has 0 fully saturated rings. The molecule has 4 nitrogen and oxygen atoms in total. The number of aromatic hydroxyl groups is 1. The largest absolute Gasteiger partial charge is 0.507 e. The molecule has 22 heavy (non-hydrogen) atoms. The number of ether oxygens (including phenoxy) is 3. The fourth-order valence-corrected chi connectivity index (χ4v) is 1.93. The Labute approximate surface area is 133 Å². The minimum absolute atomic E-state index is 0.192. The first-order valence-corrected chi connectivity index (χ1v) is 7.85. The van der Waals surface area contributed by atoms with E-state index in [1.54, 1.807) is 12.1 Å². The van der Waals surface area contributed by atoms with Gasteiger partial charge in [0, 0.05) is 24.3 Å². The van der Waals surface area contributed by atoms with Crippen LogP contribution in [-0.2, 0) is 22.7 Å². The van der Waals surface area contributed by atoms with Gasteiger partial charge in [0.15, 0.2) is 0 Å². The summed E-state index contributed by atoms with van der Waals surface area (Å²) in [7, 11) is 0. The van der Waals surface area contributed by atoms with Crippen LogP contribution in [0.5, 0.6) is 11.5 Å². The van der Waals surface area contributed by atoms with Crippen molar-refractivity contribution in [1.29, 1.82) is 0 Å². The number of phenolic OH excluding ortho intramolecular Hbond substituents is 1. The number of unbranched alkanes of at least 4 members (excludes halogenated alkanes) is 2. The lowest BCUT2D eigenvalue weighted by Gasteiger charge is -2.13. The Bertz CT molecular complexity index is 443. The van der Waals surface area contributed by atoms with E-state index in [9.17, 15) is 5.11 Å². The zero-order valence-corrected chi connectivity index (χ0v) is 13.6. The minimum Gasteiger partial charge on any atom is -0.507 e. The predicted octanol–water partition coefficient (Wildman–Crippen LogP) is 4.00. The molecular formula is C18H26O4. The quantitative estimate of drug-likeness (QED) is 0.496. The molecule has 0 atom stereocenters. The Morgan fingerprint density at radius 2 is 1.50 bits per heavy atom. The van der Waals surface area contributed by atoms with Crippen molar-refractivity contribution in [1.82, 2.24) is 0 Å². The van der Waals surface area contributed by atoms with Crippen molar-refractivity contribution in [3.8, 4) is 24.0 Å². The van der Waals surface area contributed by atoms with E-state index in [0.717, 1.165) is 25.7 Å². The fourth-order valence-electron chi connectivity index (χ4n) is 1.93. The van der Waals surface area contributed by atoms with Crippen LogP contribution in [0.15, 0.2) is 12.1 Å². The molecule has 122 valence electrons. The van der Waals surface area contributed by atoms with Gasteiger partial charge in [0.25, 0.3) is 0 Å². The molecule has 0 heterocycles. The highest BCUT2D eigenvalue weighted by atomic mass is 16.5. The first-order valence-electron chi connectivity index (χ1n) is 7.85. The van der Waals surface area contributed by atoms with Gasteiger partial charge in [0.05, 0.1) is 13.2 Å². The van der Waals surface area contributed by atoms with E-state index in [1.165, 1.54) is 0 Å². The van der Waals surface area contributed by atoms with Crippen molar-refractivity contribution in [2.24, 2.45) is 0 Å². The van der Waals surface area contributed by atoms with Crippen molar-refractivity contribution in [2.45, 2.75) is 52.7 Å². The third-order valence-electron chi connectivity index (χ3n) is 3.22. The highest BCUT2D eigenvalue weighted by Gasteiger charge is 2.11. The van der Waals surface area contributed by atoms with Crippen LogP contribution < -0.4 is 4.74 Å². The molecule has 0 amide bonds. The van der Waals surface area contributed by atoms with E-state index >= 15 is 0 Å². The molecule has 0 radical (unpaired) electrons. The van der Waals surface area contributed by atoms with Gasteiger partial charge in [-0.1, -0.05) is 33.1 Å². The smallest absolute Gasteiger partial charge is 0.141 e. The van der Waals surface area contributed by atoms with E-state index in [-0.39, 0.29) is 5.75 Å². The molecule has 0 spiro atoms. The molecule has 1 aromatic carbocycles. The van der Waals surface area contributed by atoms with Gasteiger partial charge >= 0.3 is 0 Å². The van der Waals surface area contributed by atoms with Gasteiger partial charge in [-0.15, -0.1) is 0 Å². The predicted molar refractivity (Wildman–Crippen MR) is 86.7 cm³/mol. The lowest BCUT2D eigenvalue weighted by atomic mass is 10.1. The Balaban J connectivity index is 2.76. The highest BCUT2D eigenvalue weighted by molar-refractivity contribution is 5.46. The highest BCUT2D eigenvalue weighted by Crippen LogP contribution is 2.30. The maximum Gasteiger partial charge on any atom is 0.141 e. The average Bonchev–Trinajstić information content (AvgIpc) is 2.52. The number of rotatable bonds is 11. The molecule has 0 saturated heterocycles. The standard InChI is InChI=1S/C18H26O4/c1-4-7-9-20-13-15-11-17(22-6-3)12-16(18(15)19)14-21-10-8-5-2/h3,11-12,19H,4-5,7-10,13-14H2,1-2H3. The zero-order valence-electron chi connectivity index (χ0n) is 13.6. The van der Waals surface area contributed by atoms with Gasteiger partial charge < -0.3 is 19.3 Å². The van der Waals surface area contributed by atoms with Crippen LogP contribution >= 0.6 is 0 Å². The topological polar surface area (TPSA) is 47.9 Å². The van der Waals surface area contributed by atoms with Gasteiger partial charge in [-0.25, -0.2) is 0 Å². The van der Waals surface area contributed by atoms with Gasteiger partial charge in [-0.05, 0) is 25.0 Å². The SMILES string of the molecule is C#COc1cc(COCCCC)c(O)c(COCCCC)c1. The summed E-state index contributed by atoms with van der Waals surface area (Å²) in [6.45, 7) is 6.20. The van der Waals surface area contributed by atoms with Crippen molar-refractivity contribution in [2.75, 3.05) is 13.2 Å². The molecule has 0 saturated carbocycles. The van der Waals surface area contributed by atoms with Gasteiger partial charge in [-0.3, -0.25) is 0 Å². The van der Waals surface area contributed by atoms with Gasteiger partial charge in [0.2, 0.25) is 0 Å². The maximum atomic E-state index is 10.3. The summed E-state index contributed by atoms with van der Waals surface area (Å²) < 4.78 is 16.2. The second-order valence-corrected chi connectivity index (χ2v) is 5.12. The van der Waals surface area contributed by atoms with Crippen LogP contribution in [0.4, 0.5) is 0 Å². The summed E-state index contributed by atoms with van der Waals surface area (Å²) >= 11 is 0. The molecule has 0 bridgehead atoms. The van der Waals surface area contributed by atoms with E-state index in [0.29, 0.717) is 43.3 Å². The molecule has 0 aromatic heterocycles. The van der Waals surface area contributed by atoms with Crippen LogP contribution in [0.2, 0.25) is 0 Å². The number of phenols is 1. The van der Waals surface area contributed by atoms with Crippen molar-refractivity contribution in [3.63, 3.8) is 0 Å². The molecule has 1 rings (SSSR count).